The fraction of sp³-hybridized carbons (Fsp3) is 0.417. The van der Waals surface area contributed by atoms with Crippen LogP contribution in [0.15, 0.2) is 48.5 Å². The molecule has 0 atom stereocenters. The minimum Gasteiger partial charge on any atom is -0.345 e. The van der Waals surface area contributed by atoms with Crippen LogP contribution >= 0.6 is 0 Å². The van der Waals surface area contributed by atoms with Gasteiger partial charge in [-0.3, -0.25) is 0 Å². The summed E-state index contributed by atoms with van der Waals surface area (Å²) in [6.07, 6.45) is 2.22. The molecule has 0 saturated carbocycles. The van der Waals surface area contributed by atoms with Gasteiger partial charge in [-0.15, -0.1) is 0 Å². The molecule has 1 saturated heterocycles. The molecule has 1 N–H and O–H groups in total. The van der Waals surface area contributed by atoms with Gasteiger partial charge in [0, 0.05) is 49.3 Å². The minimum atomic E-state index is 1.00. The molecule has 1 aromatic heterocycles. The Morgan fingerprint density at radius 2 is 1.67 bits per heavy atom. The van der Waals surface area contributed by atoms with E-state index in [1.807, 2.05) is 0 Å². The molecular formula is C24H31N3. The van der Waals surface area contributed by atoms with Crippen LogP contribution in [0, 0.1) is 13.8 Å². The first kappa shape index (κ1) is 18.3. The molecule has 0 aliphatic carbocycles. The Balaban J connectivity index is 1.50. The molecule has 0 bridgehead atoms. The molecule has 0 amide bonds. The topological polar surface area (TPSA) is 20.2 Å². The molecule has 2 heterocycles. The molecule has 1 fully saturated rings. The third kappa shape index (κ3) is 4.10. The van der Waals surface area contributed by atoms with Crippen molar-refractivity contribution in [3.05, 3.63) is 70.9 Å². The molecule has 3 aromatic rings. The van der Waals surface area contributed by atoms with E-state index >= 15 is 0 Å². The number of aryl methyl sites for hydroxylation is 2. The van der Waals surface area contributed by atoms with Crippen LogP contribution in [0.25, 0.3) is 10.9 Å². The van der Waals surface area contributed by atoms with Gasteiger partial charge in [0.05, 0.1) is 0 Å². The summed E-state index contributed by atoms with van der Waals surface area (Å²) >= 11 is 0. The fourth-order valence-electron chi connectivity index (χ4n) is 4.31. The normalized spacial score (nSPS) is 15.5. The highest BCUT2D eigenvalue weighted by atomic mass is 15.2. The Morgan fingerprint density at radius 1 is 0.889 bits per heavy atom. The smallest absolute Gasteiger partial charge is 0.0485 e. The summed E-state index contributed by atoms with van der Waals surface area (Å²) in [6.45, 7) is 11.5. The molecule has 27 heavy (non-hydrogen) atoms. The second kappa shape index (κ2) is 8.28. The Hall–Kier alpha value is -2.10. The van der Waals surface area contributed by atoms with Gasteiger partial charge < -0.3 is 14.8 Å². The van der Waals surface area contributed by atoms with Crippen LogP contribution in [-0.4, -0.2) is 42.2 Å². The van der Waals surface area contributed by atoms with Gasteiger partial charge in [-0.05, 0) is 62.1 Å². The highest BCUT2D eigenvalue weighted by molar-refractivity contribution is 5.86. The molecule has 1 aliphatic heterocycles. The summed E-state index contributed by atoms with van der Waals surface area (Å²) in [5.41, 5.74) is 7.02. The van der Waals surface area contributed by atoms with Crippen molar-refractivity contribution in [2.24, 2.45) is 0 Å². The van der Waals surface area contributed by atoms with E-state index in [4.69, 9.17) is 0 Å². The average Bonchev–Trinajstić information content (AvgIpc) is 2.94. The Morgan fingerprint density at radius 3 is 2.44 bits per heavy atom. The minimum absolute atomic E-state index is 1.00. The van der Waals surface area contributed by atoms with E-state index in [9.17, 15) is 0 Å². The molecule has 4 rings (SSSR count). The van der Waals surface area contributed by atoms with Gasteiger partial charge in [0.15, 0.2) is 0 Å². The monoisotopic (exact) mass is 361 g/mol. The Labute approximate surface area is 163 Å². The van der Waals surface area contributed by atoms with E-state index in [0.29, 0.717) is 0 Å². The van der Waals surface area contributed by atoms with E-state index in [1.54, 1.807) is 0 Å². The van der Waals surface area contributed by atoms with Crippen molar-refractivity contribution in [1.29, 1.82) is 0 Å². The van der Waals surface area contributed by atoms with Crippen molar-refractivity contribution < 1.29 is 0 Å². The first-order chi connectivity index (χ1) is 13.2. The molecular weight excluding hydrogens is 330 g/mol. The van der Waals surface area contributed by atoms with Crippen LogP contribution in [0.3, 0.4) is 0 Å². The first-order valence-corrected chi connectivity index (χ1v) is 10.3. The van der Waals surface area contributed by atoms with Crippen molar-refractivity contribution >= 4 is 10.9 Å². The van der Waals surface area contributed by atoms with Crippen molar-refractivity contribution in [2.45, 2.75) is 33.2 Å². The predicted octanol–water partition coefficient (Wildman–Crippen LogP) is 4.14. The quantitative estimate of drug-likeness (QED) is 0.712. The third-order valence-corrected chi connectivity index (χ3v) is 6.02. The number of hydrogen-bond acceptors (Lipinski definition) is 2. The molecule has 0 unspecified atom stereocenters. The molecule has 0 spiro atoms. The second-order valence-corrected chi connectivity index (χ2v) is 7.82. The SMILES string of the molecule is Cc1c(C)n(CCCN2CCNCC2)c2ccc(Cc3ccccc3)cc12. The number of hydrogen-bond donors (Lipinski definition) is 1. The number of piperazine rings is 1. The Kier molecular flexibility index (Phi) is 5.61. The van der Waals surface area contributed by atoms with Crippen molar-refractivity contribution in [2.75, 3.05) is 32.7 Å². The zero-order valence-electron chi connectivity index (χ0n) is 16.7. The standard InChI is InChI=1S/C24H31N3/c1-19-20(2)27(14-6-13-26-15-11-25-12-16-26)24-10-9-22(18-23(19)24)17-21-7-4-3-5-8-21/h3-5,7-10,18,25H,6,11-17H2,1-2H3. The second-order valence-electron chi connectivity index (χ2n) is 7.82. The number of benzene rings is 2. The van der Waals surface area contributed by atoms with Gasteiger partial charge in [0.25, 0.3) is 0 Å². The van der Waals surface area contributed by atoms with Crippen LogP contribution in [0.2, 0.25) is 0 Å². The van der Waals surface area contributed by atoms with Crippen molar-refractivity contribution in [1.82, 2.24) is 14.8 Å². The maximum Gasteiger partial charge on any atom is 0.0485 e. The number of aromatic nitrogens is 1. The van der Waals surface area contributed by atoms with E-state index < -0.39 is 0 Å². The van der Waals surface area contributed by atoms with Gasteiger partial charge in [-0.25, -0.2) is 0 Å². The van der Waals surface area contributed by atoms with Gasteiger partial charge in [-0.2, -0.15) is 0 Å². The lowest BCUT2D eigenvalue weighted by molar-refractivity contribution is 0.235. The van der Waals surface area contributed by atoms with Crippen molar-refractivity contribution in [3.63, 3.8) is 0 Å². The van der Waals surface area contributed by atoms with Gasteiger partial charge in [-0.1, -0.05) is 36.4 Å². The van der Waals surface area contributed by atoms with E-state index in [2.05, 4.69) is 77.2 Å². The highest BCUT2D eigenvalue weighted by Crippen LogP contribution is 2.27. The van der Waals surface area contributed by atoms with Crippen molar-refractivity contribution in [3.8, 4) is 0 Å². The van der Waals surface area contributed by atoms with Crippen LogP contribution in [0.1, 0.15) is 28.8 Å². The molecule has 142 valence electrons. The summed E-state index contributed by atoms with van der Waals surface area (Å²) in [5.74, 6) is 0. The first-order valence-electron chi connectivity index (χ1n) is 10.3. The van der Waals surface area contributed by atoms with Crippen LogP contribution in [0.5, 0.6) is 0 Å². The van der Waals surface area contributed by atoms with E-state index in [1.165, 1.54) is 59.3 Å². The number of nitrogens with zero attached hydrogens (tertiary/aromatic N) is 2. The maximum atomic E-state index is 3.44. The summed E-state index contributed by atoms with van der Waals surface area (Å²) in [5, 5.41) is 4.85. The molecule has 2 aromatic carbocycles. The van der Waals surface area contributed by atoms with E-state index in [-0.39, 0.29) is 0 Å². The van der Waals surface area contributed by atoms with E-state index in [0.717, 1.165) is 26.1 Å². The van der Waals surface area contributed by atoms with Gasteiger partial charge >= 0.3 is 0 Å². The Bertz CT molecular complexity index is 889. The van der Waals surface area contributed by atoms with Crippen LogP contribution in [0.4, 0.5) is 0 Å². The van der Waals surface area contributed by atoms with Gasteiger partial charge in [0.2, 0.25) is 0 Å². The lowest BCUT2D eigenvalue weighted by atomic mass is 10.0. The molecule has 0 radical (unpaired) electrons. The predicted molar refractivity (Wildman–Crippen MR) is 115 cm³/mol. The zero-order valence-corrected chi connectivity index (χ0v) is 16.7. The van der Waals surface area contributed by atoms with Gasteiger partial charge in [0.1, 0.15) is 0 Å². The summed E-state index contributed by atoms with van der Waals surface area (Å²) in [6, 6.07) is 17.8. The summed E-state index contributed by atoms with van der Waals surface area (Å²) in [4.78, 5) is 2.59. The number of rotatable bonds is 6. The number of fused-ring (bicyclic) bond motifs is 1. The maximum absolute atomic E-state index is 3.44. The fourth-order valence-corrected chi connectivity index (χ4v) is 4.31. The molecule has 3 nitrogen and oxygen atoms in total. The molecule has 3 heteroatoms. The zero-order chi connectivity index (χ0) is 18.6. The summed E-state index contributed by atoms with van der Waals surface area (Å²) in [7, 11) is 0. The average molecular weight is 362 g/mol. The number of nitrogens with one attached hydrogen (secondary N) is 1. The molecule has 1 aliphatic rings. The largest absolute Gasteiger partial charge is 0.345 e. The lowest BCUT2D eigenvalue weighted by Gasteiger charge is -2.27. The van der Waals surface area contributed by atoms with Crippen LogP contribution < -0.4 is 5.32 Å². The summed E-state index contributed by atoms with van der Waals surface area (Å²) < 4.78 is 2.53. The lowest BCUT2D eigenvalue weighted by Crippen LogP contribution is -2.43. The van der Waals surface area contributed by atoms with Crippen LogP contribution in [-0.2, 0) is 13.0 Å². The third-order valence-electron chi connectivity index (χ3n) is 6.02. The highest BCUT2D eigenvalue weighted by Gasteiger charge is 2.13.